The smallest absolute Gasteiger partial charge is 0.246 e. The van der Waals surface area contributed by atoms with Crippen molar-refractivity contribution in [2.24, 2.45) is 0 Å². The molecule has 0 bridgehead atoms. The molecule has 2 atom stereocenters. The minimum atomic E-state index is -0.458. The molecule has 0 aromatic carbocycles. The molecule has 22 heavy (non-hydrogen) atoms. The summed E-state index contributed by atoms with van der Waals surface area (Å²) in [5, 5.41) is 4.88. The average Bonchev–Trinajstić information content (AvgIpc) is 2.87. The molecule has 2 saturated heterocycles. The van der Waals surface area contributed by atoms with Gasteiger partial charge in [0.1, 0.15) is 12.1 Å². The molecule has 1 spiro atoms. The van der Waals surface area contributed by atoms with Crippen molar-refractivity contribution in [2.75, 3.05) is 13.2 Å². The summed E-state index contributed by atoms with van der Waals surface area (Å²) in [4.78, 5) is 26.9. The maximum atomic E-state index is 12.8. The number of hydrogen-bond donors (Lipinski definition) is 1. The lowest BCUT2D eigenvalue weighted by Crippen LogP contribution is -2.71. The summed E-state index contributed by atoms with van der Waals surface area (Å²) in [5.74, 6) is -0.0606. The van der Waals surface area contributed by atoms with E-state index in [0.29, 0.717) is 19.6 Å². The molecule has 3 fully saturated rings. The summed E-state index contributed by atoms with van der Waals surface area (Å²) in [6.07, 6.45) is 3.68. The van der Waals surface area contributed by atoms with Gasteiger partial charge in [-0.2, -0.15) is 0 Å². The number of amides is 2. The van der Waals surface area contributed by atoms with Crippen molar-refractivity contribution in [1.82, 2.24) is 10.2 Å². The van der Waals surface area contributed by atoms with E-state index in [1.165, 1.54) is 0 Å². The monoisotopic (exact) mass is 384 g/mol. The van der Waals surface area contributed by atoms with Crippen molar-refractivity contribution in [2.45, 2.75) is 43.4 Å². The lowest BCUT2D eigenvalue weighted by Gasteiger charge is -2.53. The van der Waals surface area contributed by atoms with E-state index in [0.717, 1.165) is 28.6 Å². The molecule has 2 aliphatic heterocycles. The van der Waals surface area contributed by atoms with Crippen molar-refractivity contribution >= 4 is 39.1 Å². The molecule has 5 nitrogen and oxygen atoms in total. The Bertz CT molecular complexity index is 628. The van der Waals surface area contributed by atoms with Crippen molar-refractivity contribution in [1.29, 1.82) is 0 Å². The Morgan fingerprint density at radius 2 is 2.27 bits per heavy atom. The lowest BCUT2D eigenvalue weighted by molar-refractivity contribution is -0.192. The fourth-order valence-corrected chi connectivity index (χ4v) is 4.71. The number of rotatable bonds is 2. The Morgan fingerprint density at radius 3 is 2.91 bits per heavy atom. The van der Waals surface area contributed by atoms with Crippen LogP contribution in [0.2, 0.25) is 0 Å². The number of thiophene rings is 1. The molecule has 1 unspecified atom stereocenters. The Hall–Kier alpha value is -0.920. The molecule has 1 aromatic rings. The number of ether oxygens (including phenoxy) is 1. The van der Waals surface area contributed by atoms with Gasteiger partial charge >= 0.3 is 0 Å². The maximum Gasteiger partial charge on any atom is 0.246 e. The van der Waals surface area contributed by atoms with E-state index < -0.39 is 12.1 Å². The molecule has 1 aliphatic carbocycles. The third-order valence-electron chi connectivity index (χ3n) is 4.91. The highest BCUT2D eigenvalue weighted by Crippen LogP contribution is 2.40. The van der Waals surface area contributed by atoms with Gasteiger partial charge < -0.3 is 15.0 Å². The summed E-state index contributed by atoms with van der Waals surface area (Å²) < 4.78 is 6.92. The van der Waals surface area contributed by atoms with Gasteiger partial charge in [-0.15, -0.1) is 11.3 Å². The average molecular weight is 385 g/mol. The molecule has 118 valence electrons. The second-order valence-electron chi connectivity index (χ2n) is 6.35. The number of halogens is 1. The lowest BCUT2D eigenvalue weighted by atomic mass is 9.78. The Kier molecular flexibility index (Phi) is 3.54. The quantitative estimate of drug-likeness (QED) is 0.843. The Morgan fingerprint density at radius 1 is 1.45 bits per heavy atom. The van der Waals surface area contributed by atoms with Crippen molar-refractivity contribution in [3.63, 3.8) is 0 Å². The normalized spacial score (nSPS) is 30.0. The molecule has 1 aromatic heterocycles. The first-order valence-electron chi connectivity index (χ1n) is 7.54. The fourth-order valence-electron chi connectivity index (χ4n) is 3.49. The van der Waals surface area contributed by atoms with E-state index in [9.17, 15) is 9.59 Å². The van der Waals surface area contributed by atoms with Gasteiger partial charge in [-0.25, -0.2) is 0 Å². The summed E-state index contributed by atoms with van der Waals surface area (Å²) in [7, 11) is 0. The van der Waals surface area contributed by atoms with Gasteiger partial charge in [-0.05, 0) is 52.2 Å². The molecule has 7 heteroatoms. The SMILES string of the molecule is O=C1N[C@H](Cc2csc(Br)c2)C(=O)N2CC3(CCC3)OCC12. The molecule has 3 aliphatic rings. The van der Waals surface area contributed by atoms with Crippen LogP contribution in [-0.2, 0) is 20.7 Å². The van der Waals surface area contributed by atoms with Crippen molar-refractivity contribution < 1.29 is 14.3 Å². The Balaban J connectivity index is 1.53. The van der Waals surface area contributed by atoms with E-state index in [-0.39, 0.29) is 17.4 Å². The minimum Gasteiger partial charge on any atom is -0.370 e. The molecule has 4 rings (SSSR count). The molecule has 2 amide bonds. The van der Waals surface area contributed by atoms with Crippen LogP contribution < -0.4 is 5.32 Å². The molecule has 1 saturated carbocycles. The maximum absolute atomic E-state index is 12.8. The van der Waals surface area contributed by atoms with Gasteiger partial charge in [0, 0.05) is 6.42 Å². The number of piperazine rings is 1. The van der Waals surface area contributed by atoms with Crippen LogP contribution in [0.4, 0.5) is 0 Å². The molecular weight excluding hydrogens is 368 g/mol. The number of nitrogens with one attached hydrogen (secondary N) is 1. The molecule has 0 radical (unpaired) electrons. The highest BCUT2D eigenvalue weighted by Gasteiger charge is 2.51. The van der Waals surface area contributed by atoms with Crippen LogP contribution in [0.15, 0.2) is 15.2 Å². The number of nitrogens with zero attached hydrogens (tertiary/aromatic N) is 1. The Labute approximate surface area is 141 Å². The number of carbonyl (C=O) groups excluding carboxylic acids is 2. The zero-order chi connectivity index (χ0) is 15.3. The van der Waals surface area contributed by atoms with Crippen LogP contribution in [-0.4, -0.2) is 47.6 Å². The first-order chi connectivity index (χ1) is 10.6. The van der Waals surface area contributed by atoms with E-state index in [2.05, 4.69) is 21.2 Å². The highest BCUT2D eigenvalue weighted by atomic mass is 79.9. The van der Waals surface area contributed by atoms with Gasteiger partial charge in [-0.3, -0.25) is 9.59 Å². The summed E-state index contributed by atoms with van der Waals surface area (Å²) in [5.41, 5.74) is 0.889. The molecular formula is C15H17BrN2O3S. The summed E-state index contributed by atoms with van der Waals surface area (Å²) in [6, 6.07) is 1.09. The minimum absolute atomic E-state index is 0.0292. The van der Waals surface area contributed by atoms with Crippen molar-refractivity contribution in [3.05, 3.63) is 20.8 Å². The second kappa shape index (κ2) is 5.32. The van der Waals surface area contributed by atoms with Crippen LogP contribution in [0.1, 0.15) is 24.8 Å². The third-order valence-corrected chi connectivity index (χ3v) is 6.46. The van der Waals surface area contributed by atoms with Crippen LogP contribution in [0.5, 0.6) is 0 Å². The largest absolute Gasteiger partial charge is 0.370 e. The van der Waals surface area contributed by atoms with Gasteiger partial charge in [-0.1, -0.05) is 0 Å². The van der Waals surface area contributed by atoms with Crippen LogP contribution >= 0.6 is 27.3 Å². The second-order valence-corrected chi connectivity index (χ2v) is 8.64. The topological polar surface area (TPSA) is 58.6 Å². The number of morpholine rings is 1. The fraction of sp³-hybridized carbons (Fsp3) is 0.600. The number of carbonyl (C=O) groups is 2. The predicted molar refractivity (Wildman–Crippen MR) is 85.7 cm³/mol. The summed E-state index contributed by atoms with van der Waals surface area (Å²) >= 11 is 5.02. The summed E-state index contributed by atoms with van der Waals surface area (Å²) in [6.45, 7) is 0.891. The standard InChI is InChI=1S/C15H17BrN2O3S/c16-12-5-9(7-22-12)4-10-14(20)18-8-15(2-1-3-15)21-6-11(18)13(19)17-10/h5,7,10-11H,1-4,6,8H2,(H,17,19)/t10-,11?/m1/s1. The molecule has 3 heterocycles. The number of hydrogen-bond acceptors (Lipinski definition) is 4. The number of fused-ring (bicyclic) bond motifs is 1. The molecule has 1 N–H and O–H groups in total. The predicted octanol–water partition coefficient (Wildman–Crippen LogP) is 1.70. The van der Waals surface area contributed by atoms with E-state index >= 15 is 0 Å². The van der Waals surface area contributed by atoms with Gasteiger partial charge in [0.25, 0.3) is 0 Å². The van der Waals surface area contributed by atoms with Crippen LogP contribution in [0.25, 0.3) is 0 Å². The zero-order valence-electron chi connectivity index (χ0n) is 12.0. The highest BCUT2D eigenvalue weighted by molar-refractivity contribution is 9.11. The first-order valence-corrected chi connectivity index (χ1v) is 9.21. The zero-order valence-corrected chi connectivity index (χ0v) is 14.4. The van der Waals surface area contributed by atoms with Gasteiger partial charge in [0.05, 0.1) is 22.5 Å². The van der Waals surface area contributed by atoms with E-state index in [4.69, 9.17) is 4.74 Å². The van der Waals surface area contributed by atoms with E-state index in [1.807, 2.05) is 11.4 Å². The first kappa shape index (κ1) is 14.7. The van der Waals surface area contributed by atoms with Crippen molar-refractivity contribution in [3.8, 4) is 0 Å². The van der Waals surface area contributed by atoms with Crippen LogP contribution in [0, 0.1) is 0 Å². The van der Waals surface area contributed by atoms with Crippen LogP contribution in [0.3, 0.4) is 0 Å². The van der Waals surface area contributed by atoms with E-state index in [1.54, 1.807) is 16.2 Å². The van der Waals surface area contributed by atoms with Gasteiger partial charge in [0.15, 0.2) is 0 Å². The van der Waals surface area contributed by atoms with Gasteiger partial charge in [0.2, 0.25) is 11.8 Å². The third kappa shape index (κ3) is 2.39.